The second-order valence-electron chi connectivity index (χ2n) is 4.83. The molecule has 0 atom stereocenters. The molecule has 20 heavy (non-hydrogen) atoms. The Morgan fingerprint density at radius 2 is 1.30 bits per heavy atom. The summed E-state index contributed by atoms with van der Waals surface area (Å²) in [5, 5.41) is 0. The summed E-state index contributed by atoms with van der Waals surface area (Å²) < 4.78 is 10.7. The van der Waals surface area contributed by atoms with Gasteiger partial charge < -0.3 is 9.47 Å². The van der Waals surface area contributed by atoms with E-state index in [1.807, 2.05) is 13.8 Å². The van der Waals surface area contributed by atoms with Gasteiger partial charge in [0.2, 0.25) is 6.29 Å². The summed E-state index contributed by atoms with van der Waals surface area (Å²) in [5.74, 6) is 7.01. The van der Waals surface area contributed by atoms with Crippen LogP contribution in [0.5, 0.6) is 0 Å². The van der Waals surface area contributed by atoms with Crippen LogP contribution in [0.2, 0.25) is 0 Å². The standard InChI is InChI=1S/C17H31ClO2/c1-3-19-17(20-4-2)15-13-11-9-7-5-6-8-10-12-14-16-18/h17H,3-12,14,16H2,1-2H3. The molecule has 118 valence electrons. The Morgan fingerprint density at radius 1 is 0.800 bits per heavy atom. The smallest absolute Gasteiger partial charge is 0.222 e. The van der Waals surface area contributed by atoms with Gasteiger partial charge in [-0.2, -0.15) is 0 Å². The van der Waals surface area contributed by atoms with Crippen molar-refractivity contribution in [3.8, 4) is 11.8 Å². The Hall–Kier alpha value is -0.230. The second kappa shape index (κ2) is 16.8. The molecule has 0 amide bonds. The molecule has 0 aromatic heterocycles. The molecular weight excluding hydrogens is 272 g/mol. The number of unbranched alkanes of at least 4 members (excludes halogenated alkanes) is 8. The van der Waals surface area contributed by atoms with Gasteiger partial charge in [-0.15, -0.1) is 11.6 Å². The van der Waals surface area contributed by atoms with Crippen LogP contribution in [0.4, 0.5) is 0 Å². The van der Waals surface area contributed by atoms with Crippen LogP contribution in [0.25, 0.3) is 0 Å². The van der Waals surface area contributed by atoms with Crippen molar-refractivity contribution in [3.05, 3.63) is 0 Å². The second-order valence-corrected chi connectivity index (χ2v) is 5.21. The zero-order valence-corrected chi connectivity index (χ0v) is 14.0. The molecule has 0 aromatic rings. The first-order valence-corrected chi connectivity index (χ1v) is 8.66. The minimum absolute atomic E-state index is 0.341. The molecule has 0 bridgehead atoms. The summed E-state index contributed by atoms with van der Waals surface area (Å²) in [7, 11) is 0. The summed E-state index contributed by atoms with van der Waals surface area (Å²) >= 11 is 5.64. The molecule has 0 aromatic carbocycles. The molecule has 0 saturated carbocycles. The lowest BCUT2D eigenvalue weighted by Crippen LogP contribution is -2.14. The van der Waals surface area contributed by atoms with Crippen LogP contribution >= 0.6 is 11.6 Å². The highest BCUT2D eigenvalue weighted by Crippen LogP contribution is 2.09. The van der Waals surface area contributed by atoms with Crippen molar-refractivity contribution in [2.45, 2.75) is 77.9 Å². The predicted octanol–water partition coefficient (Wildman–Crippen LogP) is 5.14. The van der Waals surface area contributed by atoms with Crippen LogP contribution in [-0.4, -0.2) is 25.4 Å². The fourth-order valence-corrected chi connectivity index (χ4v) is 2.15. The van der Waals surface area contributed by atoms with Crippen LogP contribution in [0.1, 0.15) is 71.6 Å². The average molecular weight is 303 g/mol. The van der Waals surface area contributed by atoms with E-state index in [1.54, 1.807) is 0 Å². The third kappa shape index (κ3) is 14.2. The van der Waals surface area contributed by atoms with Crippen LogP contribution in [0.3, 0.4) is 0 Å². The van der Waals surface area contributed by atoms with Gasteiger partial charge in [-0.05, 0) is 32.6 Å². The Balaban J connectivity index is 3.38. The molecule has 0 rings (SSSR count). The summed E-state index contributed by atoms with van der Waals surface area (Å²) in [6.07, 6.45) is 10.9. The molecule has 2 nitrogen and oxygen atoms in total. The quantitative estimate of drug-likeness (QED) is 0.203. The fourth-order valence-electron chi connectivity index (χ4n) is 1.96. The number of alkyl halides is 1. The van der Waals surface area contributed by atoms with Gasteiger partial charge in [0, 0.05) is 25.5 Å². The maximum Gasteiger partial charge on any atom is 0.222 e. The van der Waals surface area contributed by atoms with Gasteiger partial charge >= 0.3 is 0 Å². The van der Waals surface area contributed by atoms with Crippen LogP contribution in [-0.2, 0) is 9.47 Å². The van der Waals surface area contributed by atoms with Crippen LogP contribution < -0.4 is 0 Å². The van der Waals surface area contributed by atoms with Crippen molar-refractivity contribution in [2.24, 2.45) is 0 Å². The van der Waals surface area contributed by atoms with E-state index in [-0.39, 0.29) is 6.29 Å². The highest BCUT2D eigenvalue weighted by molar-refractivity contribution is 6.17. The average Bonchev–Trinajstić information content (AvgIpc) is 2.45. The monoisotopic (exact) mass is 302 g/mol. The number of hydrogen-bond donors (Lipinski definition) is 0. The SMILES string of the molecule is CCOC(C#CCCCCCCCCCCCl)OCC. The lowest BCUT2D eigenvalue weighted by atomic mass is 10.1. The van der Waals surface area contributed by atoms with Gasteiger partial charge in [0.15, 0.2) is 0 Å². The number of halogens is 1. The van der Waals surface area contributed by atoms with Crippen molar-refractivity contribution in [1.82, 2.24) is 0 Å². The van der Waals surface area contributed by atoms with E-state index in [0.29, 0.717) is 13.2 Å². The van der Waals surface area contributed by atoms with E-state index >= 15 is 0 Å². The zero-order valence-electron chi connectivity index (χ0n) is 13.3. The molecule has 0 saturated heterocycles. The van der Waals surface area contributed by atoms with E-state index in [4.69, 9.17) is 21.1 Å². The third-order valence-corrected chi connectivity index (χ3v) is 3.31. The summed E-state index contributed by atoms with van der Waals surface area (Å²) in [5.41, 5.74) is 0. The summed E-state index contributed by atoms with van der Waals surface area (Å²) in [4.78, 5) is 0. The van der Waals surface area contributed by atoms with Gasteiger partial charge in [0.05, 0.1) is 0 Å². The zero-order chi connectivity index (χ0) is 14.9. The lowest BCUT2D eigenvalue weighted by molar-refractivity contribution is -0.0970. The Bertz CT molecular complexity index is 239. The van der Waals surface area contributed by atoms with Crippen molar-refractivity contribution in [2.75, 3.05) is 19.1 Å². The van der Waals surface area contributed by atoms with E-state index in [9.17, 15) is 0 Å². The normalized spacial score (nSPS) is 10.6. The van der Waals surface area contributed by atoms with Crippen LogP contribution in [0.15, 0.2) is 0 Å². The van der Waals surface area contributed by atoms with E-state index < -0.39 is 0 Å². The first kappa shape index (κ1) is 19.8. The largest absolute Gasteiger partial charge is 0.342 e. The Kier molecular flexibility index (Phi) is 16.6. The minimum atomic E-state index is -0.341. The van der Waals surface area contributed by atoms with Gasteiger partial charge in [-0.25, -0.2) is 0 Å². The fraction of sp³-hybridized carbons (Fsp3) is 0.882. The molecule has 0 fully saturated rings. The summed E-state index contributed by atoms with van der Waals surface area (Å²) in [6, 6.07) is 0. The van der Waals surface area contributed by atoms with E-state index in [2.05, 4.69) is 11.8 Å². The molecule has 0 aliphatic heterocycles. The molecule has 0 aliphatic carbocycles. The highest BCUT2D eigenvalue weighted by Gasteiger charge is 2.00. The van der Waals surface area contributed by atoms with E-state index in [0.717, 1.165) is 18.7 Å². The minimum Gasteiger partial charge on any atom is -0.342 e. The first-order valence-electron chi connectivity index (χ1n) is 8.12. The maximum absolute atomic E-state index is 5.64. The van der Waals surface area contributed by atoms with Crippen molar-refractivity contribution in [3.63, 3.8) is 0 Å². The molecule has 0 aliphatic rings. The van der Waals surface area contributed by atoms with Gasteiger partial charge in [0.25, 0.3) is 0 Å². The van der Waals surface area contributed by atoms with Gasteiger partial charge in [0.1, 0.15) is 0 Å². The highest BCUT2D eigenvalue weighted by atomic mass is 35.5. The third-order valence-electron chi connectivity index (χ3n) is 3.04. The molecule has 0 radical (unpaired) electrons. The number of hydrogen-bond acceptors (Lipinski definition) is 2. The molecule has 0 unspecified atom stereocenters. The van der Waals surface area contributed by atoms with Crippen molar-refractivity contribution < 1.29 is 9.47 Å². The first-order chi connectivity index (χ1) is 9.85. The summed E-state index contributed by atoms with van der Waals surface area (Å²) in [6.45, 7) is 5.20. The Morgan fingerprint density at radius 3 is 1.80 bits per heavy atom. The topological polar surface area (TPSA) is 18.5 Å². The molecule has 0 N–H and O–H groups in total. The lowest BCUT2D eigenvalue weighted by Gasteiger charge is -2.09. The Labute approximate surface area is 130 Å². The molecule has 0 heterocycles. The molecule has 0 spiro atoms. The van der Waals surface area contributed by atoms with Crippen molar-refractivity contribution >= 4 is 11.6 Å². The van der Waals surface area contributed by atoms with Crippen LogP contribution in [0, 0.1) is 11.8 Å². The number of ether oxygens (including phenoxy) is 2. The predicted molar refractivity (Wildman–Crippen MR) is 87.1 cm³/mol. The van der Waals surface area contributed by atoms with Gasteiger partial charge in [-0.3, -0.25) is 0 Å². The van der Waals surface area contributed by atoms with Crippen molar-refractivity contribution in [1.29, 1.82) is 0 Å². The molecular formula is C17H31ClO2. The van der Waals surface area contributed by atoms with E-state index in [1.165, 1.54) is 44.9 Å². The molecule has 3 heteroatoms. The maximum atomic E-state index is 5.64. The number of rotatable bonds is 13. The van der Waals surface area contributed by atoms with Gasteiger partial charge in [-0.1, -0.05) is 44.4 Å².